The normalized spacial score (nSPS) is 10.7. The number of aromatic carboxylic acids is 1. The molecule has 0 saturated heterocycles. The van der Waals surface area contributed by atoms with Gasteiger partial charge in [0.2, 0.25) is 0 Å². The summed E-state index contributed by atoms with van der Waals surface area (Å²) in [6.45, 7) is 1.34. The van der Waals surface area contributed by atoms with Gasteiger partial charge < -0.3 is 5.11 Å². The highest BCUT2D eigenvalue weighted by atomic mass is 35.5. The highest BCUT2D eigenvalue weighted by Crippen LogP contribution is 2.27. The van der Waals surface area contributed by atoms with E-state index < -0.39 is 12.4 Å². The molecule has 1 N–H and O–H groups in total. The average molecular weight is 236 g/mol. The lowest BCUT2D eigenvalue weighted by Crippen LogP contribution is -2.07. The van der Waals surface area contributed by atoms with Gasteiger partial charge in [0.25, 0.3) is 6.43 Å². The summed E-state index contributed by atoms with van der Waals surface area (Å²) in [5, 5.41) is 8.67. The van der Waals surface area contributed by atoms with E-state index in [4.69, 9.17) is 16.7 Å². The van der Waals surface area contributed by atoms with Gasteiger partial charge in [-0.25, -0.2) is 18.6 Å². The first-order chi connectivity index (χ1) is 6.97. The summed E-state index contributed by atoms with van der Waals surface area (Å²) in [4.78, 5) is 14.2. The van der Waals surface area contributed by atoms with Gasteiger partial charge in [0.1, 0.15) is 5.69 Å². The lowest BCUT2D eigenvalue weighted by atomic mass is 10.1. The number of hydrogen-bond donors (Lipinski definition) is 1. The molecule has 1 aromatic heterocycles. The van der Waals surface area contributed by atoms with E-state index in [9.17, 15) is 13.6 Å². The van der Waals surface area contributed by atoms with E-state index in [1.54, 1.807) is 0 Å². The summed E-state index contributed by atoms with van der Waals surface area (Å²) in [6, 6.07) is 1.07. The molecule has 0 aliphatic rings. The zero-order valence-corrected chi connectivity index (χ0v) is 8.55. The summed E-state index contributed by atoms with van der Waals surface area (Å²) in [6.07, 6.45) is -2.70. The summed E-state index contributed by atoms with van der Waals surface area (Å²) in [7, 11) is 0. The molecule has 0 saturated carbocycles. The number of aromatic nitrogens is 1. The van der Waals surface area contributed by atoms with E-state index in [1.807, 2.05) is 0 Å². The maximum Gasteiger partial charge on any atom is 0.354 e. The number of pyridine rings is 1. The van der Waals surface area contributed by atoms with E-state index in [2.05, 4.69) is 4.98 Å². The third-order valence-corrected chi connectivity index (χ3v) is 2.20. The van der Waals surface area contributed by atoms with E-state index in [0.29, 0.717) is 0 Å². The Balaban J connectivity index is 3.37. The molecule has 3 nitrogen and oxygen atoms in total. The van der Waals surface area contributed by atoms with Crippen molar-refractivity contribution < 1.29 is 18.7 Å². The zero-order valence-electron chi connectivity index (χ0n) is 7.80. The molecule has 0 aromatic carbocycles. The van der Waals surface area contributed by atoms with Crippen molar-refractivity contribution >= 4 is 17.6 Å². The Morgan fingerprint density at radius 2 is 2.27 bits per heavy atom. The van der Waals surface area contributed by atoms with Crippen LogP contribution in [0.2, 0.25) is 0 Å². The first-order valence-corrected chi connectivity index (χ1v) is 4.58. The Morgan fingerprint density at radius 1 is 1.67 bits per heavy atom. The second kappa shape index (κ2) is 4.53. The summed E-state index contributed by atoms with van der Waals surface area (Å²) >= 11 is 5.47. The van der Waals surface area contributed by atoms with Crippen molar-refractivity contribution in [1.29, 1.82) is 0 Å². The maximum atomic E-state index is 12.6. The van der Waals surface area contributed by atoms with Gasteiger partial charge in [0.05, 0.1) is 0 Å². The lowest BCUT2D eigenvalue weighted by molar-refractivity contribution is 0.0689. The Morgan fingerprint density at radius 3 is 2.67 bits per heavy atom. The fourth-order valence-electron chi connectivity index (χ4n) is 1.27. The summed E-state index contributed by atoms with van der Waals surface area (Å²) < 4.78 is 25.1. The number of aryl methyl sites for hydroxylation is 1. The molecule has 0 radical (unpaired) electrons. The molecule has 0 aliphatic carbocycles. The highest BCUT2D eigenvalue weighted by Gasteiger charge is 2.19. The van der Waals surface area contributed by atoms with Crippen LogP contribution in [0.1, 0.15) is 33.7 Å². The molecule has 82 valence electrons. The Hall–Kier alpha value is -1.23. The number of rotatable bonds is 3. The Bertz CT molecular complexity index is 396. The minimum Gasteiger partial charge on any atom is -0.477 e. The number of carbonyl (C=O) groups is 1. The van der Waals surface area contributed by atoms with Crippen LogP contribution in [0, 0.1) is 6.92 Å². The van der Waals surface area contributed by atoms with Crippen molar-refractivity contribution in [1.82, 2.24) is 4.98 Å². The number of carboxylic acids is 1. The quantitative estimate of drug-likeness (QED) is 0.820. The van der Waals surface area contributed by atoms with Crippen LogP contribution in [0.4, 0.5) is 8.78 Å². The molecule has 0 spiro atoms. The monoisotopic (exact) mass is 235 g/mol. The molecule has 1 aromatic rings. The molecule has 1 heterocycles. The largest absolute Gasteiger partial charge is 0.477 e. The zero-order chi connectivity index (χ0) is 11.6. The summed E-state index contributed by atoms with van der Waals surface area (Å²) in [5.74, 6) is -1.42. The second-order valence-corrected chi connectivity index (χ2v) is 3.17. The second-order valence-electron chi connectivity index (χ2n) is 2.91. The van der Waals surface area contributed by atoms with Gasteiger partial charge in [-0.1, -0.05) is 0 Å². The highest BCUT2D eigenvalue weighted by molar-refractivity contribution is 6.17. The molecule has 15 heavy (non-hydrogen) atoms. The third-order valence-electron chi connectivity index (χ3n) is 1.92. The molecule has 0 bridgehead atoms. The molecule has 0 fully saturated rings. The average Bonchev–Trinajstić information content (AvgIpc) is 2.15. The van der Waals surface area contributed by atoms with E-state index in [1.165, 1.54) is 6.92 Å². The molecule has 6 heteroatoms. The predicted octanol–water partition coefficient (Wildman–Crippen LogP) is 2.76. The SMILES string of the molecule is Cc1nc(C(=O)O)cc(CCl)c1C(F)F. The predicted molar refractivity (Wildman–Crippen MR) is 50.4 cm³/mol. The number of alkyl halides is 3. The van der Waals surface area contributed by atoms with Crippen molar-refractivity contribution in [3.8, 4) is 0 Å². The van der Waals surface area contributed by atoms with Crippen LogP contribution in [0.5, 0.6) is 0 Å². The number of hydrogen-bond acceptors (Lipinski definition) is 2. The minimum atomic E-state index is -2.70. The van der Waals surface area contributed by atoms with E-state index in [0.717, 1.165) is 6.07 Å². The lowest BCUT2D eigenvalue weighted by Gasteiger charge is -2.10. The van der Waals surface area contributed by atoms with Gasteiger partial charge in [0, 0.05) is 17.1 Å². The fourth-order valence-corrected chi connectivity index (χ4v) is 1.49. The smallest absolute Gasteiger partial charge is 0.354 e. The fraction of sp³-hybridized carbons (Fsp3) is 0.333. The van der Waals surface area contributed by atoms with Crippen molar-refractivity contribution in [2.75, 3.05) is 0 Å². The molecular weight excluding hydrogens is 228 g/mol. The van der Waals surface area contributed by atoms with Crippen LogP contribution in [0.25, 0.3) is 0 Å². The molecule has 0 aliphatic heterocycles. The van der Waals surface area contributed by atoms with Crippen molar-refractivity contribution in [3.05, 3.63) is 28.6 Å². The summed E-state index contributed by atoms with van der Waals surface area (Å²) in [5.41, 5.74) is -0.445. The van der Waals surface area contributed by atoms with Crippen LogP contribution < -0.4 is 0 Å². The molecular formula is C9H8ClF2NO2. The van der Waals surface area contributed by atoms with Gasteiger partial charge in [-0.15, -0.1) is 11.6 Å². The van der Waals surface area contributed by atoms with Gasteiger partial charge in [-0.05, 0) is 18.6 Å². The first kappa shape index (κ1) is 11.8. The van der Waals surface area contributed by atoms with Crippen LogP contribution in [0.15, 0.2) is 6.07 Å². The minimum absolute atomic E-state index is 0.000509. The van der Waals surface area contributed by atoms with Crippen LogP contribution in [-0.4, -0.2) is 16.1 Å². The van der Waals surface area contributed by atoms with Gasteiger partial charge in [-0.2, -0.15) is 0 Å². The van der Waals surface area contributed by atoms with Crippen LogP contribution in [-0.2, 0) is 5.88 Å². The van der Waals surface area contributed by atoms with Crippen molar-refractivity contribution in [2.24, 2.45) is 0 Å². The van der Waals surface area contributed by atoms with Crippen LogP contribution in [0.3, 0.4) is 0 Å². The molecule has 1 rings (SSSR count). The van der Waals surface area contributed by atoms with Crippen molar-refractivity contribution in [3.63, 3.8) is 0 Å². The number of carboxylic acid groups (broad SMARTS) is 1. The van der Waals surface area contributed by atoms with Crippen LogP contribution >= 0.6 is 11.6 Å². The molecule has 0 unspecified atom stereocenters. The van der Waals surface area contributed by atoms with Gasteiger partial charge in [-0.3, -0.25) is 0 Å². The Kier molecular flexibility index (Phi) is 3.57. The molecule has 0 atom stereocenters. The van der Waals surface area contributed by atoms with E-state index >= 15 is 0 Å². The molecule has 0 amide bonds. The van der Waals surface area contributed by atoms with E-state index in [-0.39, 0.29) is 28.4 Å². The third kappa shape index (κ3) is 2.41. The maximum absolute atomic E-state index is 12.6. The van der Waals surface area contributed by atoms with Gasteiger partial charge in [0.15, 0.2) is 0 Å². The first-order valence-electron chi connectivity index (χ1n) is 4.05. The number of halogens is 3. The van der Waals surface area contributed by atoms with Crippen molar-refractivity contribution in [2.45, 2.75) is 19.2 Å². The number of nitrogens with zero attached hydrogens (tertiary/aromatic N) is 1. The standard InChI is InChI=1S/C9H8ClF2NO2/c1-4-7(8(11)12)5(3-10)2-6(13-4)9(14)15/h2,8H,3H2,1H3,(H,14,15). The Labute approximate surface area is 89.7 Å². The van der Waals surface area contributed by atoms with Gasteiger partial charge >= 0.3 is 5.97 Å². The topological polar surface area (TPSA) is 50.2 Å².